The van der Waals surface area contributed by atoms with Crippen LogP contribution in [0.15, 0.2) is 31.6 Å². The average molecular weight is 685 g/mol. The van der Waals surface area contributed by atoms with Gasteiger partial charge in [0, 0.05) is 64.0 Å². The monoisotopic (exact) mass is 686 g/mol. The summed E-state index contributed by atoms with van der Waals surface area (Å²) in [5, 5.41) is 37.0. The molecule has 0 spiro atoms. The van der Waals surface area contributed by atoms with E-state index in [-0.39, 0.29) is 53.7 Å². The first-order valence-electron chi connectivity index (χ1n) is 10.6. The fourth-order valence-corrected chi connectivity index (χ4v) is 3.70. The van der Waals surface area contributed by atoms with Gasteiger partial charge in [0.25, 0.3) is 11.1 Å². The predicted molar refractivity (Wildman–Crippen MR) is 115 cm³/mol. The number of nitrogens with one attached hydrogen (secondary N) is 2. The first-order chi connectivity index (χ1) is 16.0. The van der Waals surface area contributed by atoms with Crippen molar-refractivity contribution in [3.8, 4) is 0 Å². The molecule has 4 heterocycles. The maximum atomic E-state index is 11.6. The van der Waals surface area contributed by atoms with Crippen LogP contribution in [0.2, 0.25) is 0 Å². The smallest absolute Gasteiger partial charge is 0.330 e. The summed E-state index contributed by atoms with van der Waals surface area (Å²) in [6.07, 6.45) is -1.16. The molecule has 6 atom stereocenters. The molecule has 0 radical (unpaired) electrons. The molecule has 0 unspecified atom stereocenters. The van der Waals surface area contributed by atoms with E-state index < -0.39 is 59.4 Å². The third kappa shape index (κ3) is 6.64. The van der Waals surface area contributed by atoms with E-state index >= 15 is 0 Å². The Morgan fingerprint density at radius 2 is 1.14 bits per heavy atom. The molecule has 2 aromatic heterocycles. The molecule has 2 aromatic rings. The molecule has 190 valence electrons. The zero-order valence-corrected chi connectivity index (χ0v) is 24.8. The summed E-state index contributed by atoms with van der Waals surface area (Å²) in [6.45, 7) is 2.52. The van der Waals surface area contributed by atoms with Crippen molar-refractivity contribution in [1.82, 2.24) is 19.1 Å². The van der Waals surface area contributed by atoms with E-state index in [9.17, 15) is 29.4 Å². The molecule has 0 bridgehead atoms. The van der Waals surface area contributed by atoms with E-state index in [0.717, 1.165) is 0 Å². The maximum absolute atomic E-state index is 11.6. The minimum absolute atomic E-state index is 0. The molecule has 15 heteroatoms. The molecular weight excluding hydrogens is 657 g/mol. The summed E-state index contributed by atoms with van der Waals surface area (Å²) in [5.41, 5.74) is -1.29. The number of hydrogen-bond acceptors (Lipinski definition) is 10. The third-order valence-corrected chi connectivity index (χ3v) is 5.68. The van der Waals surface area contributed by atoms with Gasteiger partial charge in [-0.1, -0.05) is 0 Å². The van der Waals surface area contributed by atoms with Crippen LogP contribution in [0.4, 0.5) is 0 Å². The summed E-state index contributed by atoms with van der Waals surface area (Å²) >= 11 is 0. The molecule has 0 saturated carbocycles. The van der Waals surface area contributed by atoms with E-state index in [1.54, 1.807) is 13.8 Å². The number of rotatable bonds is 4. The third-order valence-electron chi connectivity index (χ3n) is 5.68. The van der Waals surface area contributed by atoms with Crippen molar-refractivity contribution in [3.05, 3.63) is 65.2 Å². The summed E-state index contributed by atoms with van der Waals surface area (Å²) in [7, 11) is 0. The van der Waals surface area contributed by atoms with Gasteiger partial charge in [-0.3, -0.25) is 28.7 Å². The van der Waals surface area contributed by atoms with Crippen molar-refractivity contribution in [2.45, 2.75) is 63.6 Å². The number of aliphatic hydroxyl groups excluding tert-OH is 4. The molecule has 35 heavy (non-hydrogen) atoms. The number of hydrogen-bond donors (Lipinski definition) is 6. The topological polar surface area (TPSA) is 209 Å². The van der Waals surface area contributed by atoms with Crippen molar-refractivity contribution in [3.63, 3.8) is 0 Å². The van der Waals surface area contributed by atoms with Crippen molar-refractivity contribution in [2.75, 3.05) is 13.2 Å². The van der Waals surface area contributed by atoms with Gasteiger partial charge < -0.3 is 29.9 Å². The normalized spacial score (nSPS) is 27.7. The SMILES string of the molecule is Cc1cn([C@H]2C[C@H](O)[C@@H](CO)O2)c(=O)[nH]c1=O.Cc1cn([C@H]2C[C@H](O)[C@@H](CO)O2)c(=O)[nH]c1=O.[Hg]. The van der Waals surface area contributed by atoms with Gasteiger partial charge in [0.15, 0.2) is 0 Å². The largest absolute Gasteiger partial charge is 0.394 e. The Morgan fingerprint density at radius 1 is 0.800 bits per heavy atom. The molecule has 6 N–H and O–H groups in total. The quantitative estimate of drug-likeness (QED) is 0.180. The Labute approximate surface area is 218 Å². The molecule has 2 fully saturated rings. The molecule has 2 saturated heterocycles. The number of nitrogens with zero attached hydrogens (tertiary/aromatic N) is 2. The van der Waals surface area contributed by atoms with E-state index in [1.807, 2.05) is 0 Å². The van der Waals surface area contributed by atoms with E-state index in [4.69, 9.17) is 19.7 Å². The zero-order chi connectivity index (χ0) is 25.2. The van der Waals surface area contributed by atoms with Crippen LogP contribution in [-0.4, -0.2) is 77.2 Å². The van der Waals surface area contributed by atoms with E-state index in [0.29, 0.717) is 11.1 Å². The maximum Gasteiger partial charge on any atom is 0.330 e. The van der Waals surface area contributed by atoms with E-state index in [1.165, 1.54) is 21.5 Å². The van der Waals surface area contributed by atoms with Crippen LogP contribution in [0.3, 0.4) is 0 Å². The molecule has 0 aliphatic carbocycles. The number of aliphatic hydroxyl groups is 4. The summed E-state index contributed by atoms with van der Waals surface area (Å²) in [4.78, 5) is 49.8. The Hall–Kier alpha value is -1.94. The van der Waals surface area contributed by atoms with Gasteiger partial charge in [-0.15, -0.1) is 0 Å². The molecular formula is C20H28HgN4O10. The van der Waals surface area contributed by atoms with Gasteiger partial charge in [0.2, 0.25) is 0 Å². The summed E-state index contributed by atoms with van der Waals surface area (Å²) in [5.74, 6) is 0. The average Bonchev–Trinajstić information content (AvgIpc) is 3.35. The minimum atomic E-state index is -0.816. The first-order valence-corrected chi connectivity index (χ1v) is 10.6. The number of aromatic nitrogens is 4. The molecule has 4 rings (SSSR count). The fourth-order valence-electron chi connectivity index (χ4n) is 3.70. The Balaban J connectivity index is 0.000000240. The van der Waals surface area contributed by atoms with Gasteiger partial charge in [-0.2, -0.15) is 0 Å². The Bertz CT molecular complexity index is 1140. The van der Waals surface area contributed by atoms with Crippen molar-refractivity contribution < 1.29 is 57.6 Å². The second-order valence-electron chi connectivity index (χ2n) is 8.19. The Kier molecular flexibility index (Phi) is 10.3. The molecule has 2 aliphatic heterocycles. The van der Waals surface area contributed by atoms with Crippen LogP contribution in [0.5, 0.6) is 0 Å². The number of aryl methyl sites for hydroxylation is 2. The minimum Gasteiger partial charge on any atom is -0.394 e. The second kappa shape index (κ2) is 12.3. The van der Waals surface area contributed by atoms with Gasteiger partial charge in [-0.05, 0) is 13.8 Å². The summed E-state index contributed by atoms with van der Waals surface area (Å²) in [6, 6.07) is 0. The van der Waals surface area contributed by atoms with Crippen LogP contribution in [0.25, 0.3) is 0 Å². The van der Waals surface area contributed by atoms with Crippen molar-refractivity contribution in [1.29, 1.82) is 0 Å². The van der Waals surface area contributed by atoms with Gasteiger partial charge in [0.1, 0.15) is 24.7 Å². The molecule has 14 nitrogen and oxygen atoms in total. The van der Waals surface area contributed by atoms with Crippen LogP contribution < -0.4 is 22.5 Å². The number of H-pyrrole nitrogens is 2. The zero-order valence-electron chi connectivity index (χ0n) is 19.3. The van der Waals surface area contributed by atoms with Gasteiger partial charge in [-0.25, -0.2) is 9.59 Å². The molecule has 2 aliphatic rings. The molecule has 0 aromatic carbocycles. The molecule has 0 amide bonds. The van der Waals surface area contributed by atoms with Gasteiger partial charge in [0.05, 0.1) is 25.4 Å². The van der Waals surface area contributed by atoms with Crippen molar-refractivity contribution in [2.24, 2.45) is 0 Å². The van der Waals surface area contributed by atoms with Crippen LogP contribution in [0.1, 0.15) is 36.4 Å². The number of aromatic amines is 2. The van der Waals surface area contributed by atoms with Crippen LogP contribution in [-0.2, 0) is 37.1 Å². The second-order valence-corrected chi connectivity index (χ2v) is 8.19. The van der Waals surface area contributed by atoms with Crippen LogP contribution in [0, 0.1) is 13.8 Å². The standard InChI is InChI=1S/2C10H14N2O5.Hg/c2*1-5-3-12(10(16)11-9(5)15)8-2-6(14)7(4-13)17-8;/h2*3,6-8,13-14H,2,4H2,1H3,(H,11,15,16);/t2*6-,7+,8+;/m00./s1. The van der Waals surface area contributed by atoms with Gasteiger partial charge >= 0.3 is 11.4 Å². The van der Waals surface area contributed by atoms with E-state index in [2.05, 4.69) is 9.97 Å². The first kappa shape index (κ1) is 29.3. The fraction of sp³-hybridized carbons (Fsp3) is 0.600. The predicted octanol–water partition coefficient (Wildman–Crippen LogP) is -3.03. The van der Waals surface area contributed by atoms with Crippen LogP contribution >= 0.6 is 0 Å². The Morgan fingerprint density at radius 3 is 1.43 bits per heavy atom. The summed E-state index contributed by atoms with van der Waals surface area (Å²) < 4.78 is 13.1. The van der Waals surface area contributed by atoms with Crippen molar-refractivity contribution >= 4 is 0 Å². The number of ether oxygens (including phenoxy) is 2.